The van der Waals surface area contributed by atoms with Gasteiger partial charge in [0.05, 0.1) is 0 Å². The first kappa shape index (κ1) is 16.2. The van der Waals surface area contributed by atoms with Crippen LogP contribution in [-0.2, 0) is 9.59 Å². The van der Waals surface area contributed by atoms with Gasteiger partial charge in [-0.25, -0.2) is 0 Å². The topological polar surface area (TPSA) is 49.4 Å². The van der Waals surface area contributed by atoms with Crippen LogP contribution >= 0.6 is 0 Å². The average molecular weight is 268 g/mol. The summed E-state index contributed by atoms with van der Waals surface area (Å²) < 4.78 is 0. The summed E-state index contributed by atoms with van der Waals surface area (Å²) in [5, 5.41) is 3.43. The lowest BCUT2D eigenvalue weighted by molar-refractivity contribution is -0.153. The van der Waals surface area contributed by atoms with Crippen LogP contribution in [0.3, 0.4) is 0 Å². The number of hydrogen-bond donors (Lipinski definition) is 1. The van der Waals surface area contributed by atoms with E-state index in [0.29, 0.717) is 25.3 Å². The molecule has 1 aliphatic rings. The molecule has 0 aromatic heterocycles. The van der Waals surface area contributed by atoms with Crippen LogP contribution in [0.25, 0.3) is 0 Å². The van der Waals surface area contributed by atoms with E-state index in [2.05, 4.69) is 26.1 Å². The molecule has 1 N–H and O–H groups in total. The zero-order chi connectivity index (χ0) is 14.6. The first-order valence-electron chi connectivity index (χ1n) is 7.33. The monoisotopic (exact) mass is 268 g/mol. The Kier molecular flexibility index (Phi) is 5.53. The Bertz CT molecular complexity index is 317. The lowest BCUT2D eigenvalue weighted by Gasteiger charge is -2.37. The smallest absolute Gasteiger partial charge is 0.229 e. The Morgan fingerprint density at radius 2 is 1.74 bits per heavy atom. The minimum Gasteiger partial charge on any atom is -0.312 e. The average Bonchev–Trinajstić information content (AvgIpc) is 2.25. The third-order valence-electron chi connectivity index (χ3n) is 3.70. The number of carbonyl (C=O) groups is 2. The maximum atomic E-state index is 12.1. The maximum absolute atomic E-state index is 12.1. The molecule has 2 amide bonds. The molecule has 0 bridgehead atoms. The van der Waals surface area contributed by atoms with E-state index >= 15 is 0 Å². The standard InChI is InChI=1S/C15H28N2O2/c1-6-7-16-12(11(2)3)10-17-13(18)8-15(4,5)9-14(17)19/h11-12,16H,6-10H2,1-5H3. The second-order valence-electron chi connectivity index (χ2n) is 6.72. The Morgan fingerprint density at radius 3 is 2.16 bits per heavy atom. The highest BCUT2D eigenvalue weighted by atomic mass is 16.2. The van der Waals surface area contributed by atoms with E-state index < -0.39 is 0 Å². The molecule has 4 nitrogen and oxygen atoms in total. The summed E-state index contributed by atoms with van der Waals surface area (Å²) in [5.74, 6) is 0.359. The van der Waals surface area contributed by atoms with Gasteiger partial charge < -0.3 is 5.32 Å². The molecule has 1 aliphatic heterocycles. The van der Waals surface area contributed by atoms with Crippen LogP contribution in [0.15, 0.2) is 0 Å². The molecule has 0 spiro atoms. The minimum absolute atomic E-state index is 0.0230. The largest absolute Gasteiger partial charge is 0.312 e. The van der Waals surface area contributed by atoms with Crippen LogP contribution in [0.5, 0.6) is 0 Å². The Labute approximate surface area is 116 Å². The molecule has 1 heterocycles. The molecule has 110 valence electrons. The van der Waals surface area contributed by atoms with Gasteiger partial charge in [0.15, 0.2) is 0 Å². The Balaban J connectivity index is 2.68. The second-order valence-corrected chi connectivity index (χ2v) is 6.72. The van der Waals surface area contributed by atoms with E-state index in [9.17, 15) is 9.59 Å². The third-order valence-corrected chi connectivity index (χ3v) is 3.70. The van der Waals surface area contributed by atoms with E-state index in [4.69, 9.17) is 0 Å². The van der Waals surface area contributed by atoms with Gasteiger partial charge in [0.2, 0.25) is 11.8 Å². The third kappa shape index (κ3) is 4.60. The van der Waals surface area contributed by atoms with Crippen molar-refractivity contribution < 1.29 is 9.59 Å². The molecule has 0 radical (unpaired) electrons. The normalized spacial score (nSPS) is 21.1. The van der Waals surface area contributed by atoms with E-state index in [1.807, 2.05) is 13.8 Å². The highest BCUT2D eigenvalue weighted by Crippen LogP contribution is 2.31. The van der Waals surface area contributed by atoms with Crippen molar-refractivity contribution in [3.8, 4) is 0 Å². The molecule has 1 rings (SSSR count). The molecule has 4 heteroatoms. The number of likely N-dealkylation sites (tertiary alicyclic amines) is 1. The van der Waals surface area contributed by atoms with Crippen molar-refractivity contribution in [3.63, 3.8) is 0 Å². The van der Waals surface area contributed by atoms with Crippen LogP contribution in [0.4, 0.5) is 0 Å². The van der Waals surface area contributed by atoms with Crippen LogP contribution in [0.1, 0.15) is 53.9 Å². The lowest BCUT2D eigenvalue weighted by Crippen LogP contribution is -2.52. The minimum atomic E-state index is -0.186. The highest BCUT2D eigenvalue weighted by Gasteiger charge is 2.38. The fraction of sp³-hybridized carbons (Fsp3) is 0.867. The summed E-state index contributed by atoms with van der Waals surface area (Å²) in [5.41, 5.74) is -0.186. The summed E-state index contributed by atoms with van der Waals surface area (Å²) in [6.07, 6.45) is 1.99. The van der Waals surface area contributed by atoms with Gasteiger partial charge >= 0.3 is 0 Å². The van der Waals surface area contributed by atoms with Gasteiger partial charge in [0, 0.05) is 25.4 Å². The molecule has 0 saturated carbocycles. The van der Waals surface area contributed by atoms with Crippen LogP contribution in [0, 0.1) is 11.3 Å². The van der Waals surface area contributed by atoms with Gasteiger partial charge in [-0.1, -0.05) is 34.6 Å². The second kappa shape index (κ2) is 6.51. The van der Waals surface area contributed by atoms with Crippen molar-refractivity contribution in [3.05, 3.63) is 0 Å². The van der Waals surface area contributed by atoms with E-state index in [0.717, 1.165) is 13.0 Å². The molecular weight excluding hydrogens is 240 g/mol. The maximum Gasteiger partial charge on any atom is 0.229 e. The molecule has 1 saturated heterocycles. The zero-order valence-corrected chi connectivity index (χ0v) is 13.0. The molecule has 1 unspecified atom stereocenters. The number of amides is 2. The number of nitrogens with one attached hydrogen (secondary N) is 1. The van der Waals surface area contributed by atoms with Crippen LogP contribution in [0.2, 0.25) is 0 Å². The van der Waals surface area contributed by atoms with Gasteiger partial charge in [-0.15, -0.1) is 0 Å². The van der Waals surface area contributed by atoms with Crippen molar-refractivity contribution in [1.82, 2.24) is 10.2 Å². The number of hydrogen-bond acceptors (Lipinski definition) is 3. The van der Waals surface area contributed by atoms with Crippen molar-refractivity contribution in [2.45, 2.75) is 59.9 Å². The highest BCUT2D eigenvalue weighted by molar-refractivity contribution is 5.98. The van der Waals surface area contributed by atoms with E-state index in [1.165, 1.54) is 4.90 Å². The summed E-state index contributed by atoms with van der Waals surface area (Å²) >= 11 is 0. The molecular formula is C15H28N2O2. The predicted molar refractivity (Wildman–Crippen MR) is 76.7 cm³/mol. The Hall–Kier alpha value is -0.900. The van der Waals surface area contributed by atoms with Gasteiger partial charge in [0.25, 0.3) is 0 Å². The fourth-order valence-corrected chi connectivity index (χ4v) is 2.45. The zero-order valence-electron chi connectivity index (χ0n) is 13.0. The first-order valence-corrected chi connectivity index (χ1v) is 7.33. The summed E-state index contributed by atoms with van der Waals surface area (Å²) in [4.78, 5) is 25.7. The van der Waals surface area contributed by atoms with E-state index in [-0.39, 0.29) is 23.3 Å². The summed E-state index contributed by atoms with van der Waals surface area (Å²) in [6, 6.07) is 0.189. The van der Waals surface area contributed by atoms with Gasteiger partial charge in [0.1, 0.15) is 0 Å². The van der Waals surface area contributed by atoms with Crippen LogP contribution in [-0.4, -0.2) is 35.8 Å². The number of rotatable bonds is 6. The predicted octanol–water partition coefficient (Wildman–Crippen LogP) is 2.19. The van der Waals surface area contributed by atoms with Gasteiger partial charge in [-0.3, -0.25) is 14.5 Å². The van der Waals surface area contributed by atoms with Crippen molar-refractivity contribution >= 4 is 11.8 Å². The van der Waals surface area contributed by atoms with Crippen molar-refractivity contribution in [2.75, 3.05) is 13.1 Å². The molecule has 1 fully saturated rings. The van der Waals surface area contributed by atoms with E-state index in [1.54, 1.807) is 0 Å². The SMILES string of the molecule is CCCNC(CN1C(=O)CC(C)(C)CC1=O)C(C)C. The molecule has 0 aromatic carbocycles. The molecule has 0 aliphatic carbocycles. The quantitative estimate of drug-likeness (QED) is 0.751. The number of imide groups is 1. The molecule has 1 atom stereocenters. The van der Waals surface area contributed by atoms with Crippen molar-refractivity contribution in [1.29, 1.82) is 0 Å². The van der Waals surface area contributed by atoms with Gasteiger partial charge in [-0.05, 0) is 24.3 Å². The number of nitrogens with zero attached hydrogens (tertiary/aromatic N) is 1. The summed E-state index contributed by atoms with van der Waals surface area (Å²) in [6.45, 7) is 11.7. The molecule has 19 heavy (non-hydrogen) atoms. The Morgan fingerprint density at radius 1 is 1.21 bits per heavy atom. The fourth-order valence-electron chi connectivity index (χ4n) is 2.45. The van der Waals surface area contributed by atoms with Crippen LogP contribution < -0.4 is 5.32 Å². The number of piperidine rings is 1. The number of carbonyl (C=O) groups excluding carboxylic acids is 2. The first-order chi connectivity index (χ1) is 8.76. The summed E-state index contributed by atoms with van der Waals surface area (Å²) in [7, 11) is 0. The van der Waals surface area contributed by atoms with Crippen molar-refractivity contribution in [2.24, 2.45) is 11.3 Å². The van der Waals surface area contributed by atoms with Gasteiger partial charge in [-0.2, -0.15) is 0 Å². The molecule has 0 aromatic rings. The lowest BCUT2D eigenvalue weighted by atomic mass is 9.81.